The Morgan fingerprint density at radius 2 is 2.05 bits per heavy atom. The number of carboxylic acids is 1. The second kappa shape index (κ2) is 4.97. The highest BCUT2D eigenvalue weighted by Crippen LogP contribution is 2.28. The monoisotopic (exact) mass is 329 g/mol. The number of pyridine rings is 1. The lowest BCUT2D eigenvalue weighted by Gasteiger charge is -2.07. The van der Waals surface area contributed by atoms with Crippen molar-refractivity contribution in [1.82, 2.24) is 15.0 Å². The van der Waals surface area contributed by atoms with E-state index in [9.17, 15) is 9.90 Å². The number of carboxylic acid groups (broad SMARTS) is 1. The van der Waals surface area contributed by atoms with Crippen molar-refractivity contribution in [2.24, 2.45) is 0 Å². The Morgan fingerprint density at radius 1 is 1.20 bits per heavy atom. The molecule has 0 radical (unpaired) electrons. The molecule has 0 aliphatic rings. The average Bonchev–Trinajstić information content (AvgIpc) is 2.47. The van der Waals surface area contributed by atoms with Gasteiger partial charge in [-0.1, -0.05) is 12.1 Å². The highest BCUT2D eigenvalue weighted by Gasteiger charge is 2.14. The zero-order valence-corrected chi connectivity index (χ0v) is 11.7. The van der Waals surface area contributed by atoms with E-state index in [0.29, 0.717) is 22.3 Å². The SMILES string of the molecule is O=C(O)c1cc(-c2cnccn2)nc2c(Br)cccc12. The van der Waals surface area contributed by atoms with E-state index in [0.717, 1.165) is 4.47 Å². The number of nitrogens with zero attached hydrogens (tertiary/aromatic N) is 3. The molecule has 1 N–H and O–H groups in total. The van der Waals surface area contributed by atoms with Crippen molar-refractivity contribution < 1.29 is 9.90 Å². The summed E-state index contributed by atoms with van der Waals surface area (Å²) < 4.78 is 0.739. The molecule has 0 bridgehead atoms. The predicted octanol–water partition coefficient (Wildman–Crippen LogP) is 3.15. The molecule has 0 saturated heterocycles. The number of aromatic nitrogens is 3. The molecule has 6 heteroatoms. The van der Waals surface area contributed by atoms with Crippen molar-refractivity contribution in [2.75, 3.05) is 0 Å². The molecule has 20 heavy (non-hydrogen) atoms. The lowest BCUT2D eigenvalue weighted by Crippen LogP contribution is -2.01. The largest absolute Gasteiger partial charge is 0.478 e. The number of rotatable bonds is 2. The molecule has 0 amide bonds. The topological polar surface area (TPSA) is 76.0 Å². The first-order chi connectivity index (χ1) is 9.66. The lowest BCUT2D eigenvalue weighted by molar-refractivity contribution is 0.0699. The Balaban J connectivity index is 2.36. The molecule has 0 fully saturated rings. The molecule has 0 aliphatic heterocycles. The minimum absolute atomic E-state index is 0.192. The van der Waals surface area contributed by atoms with Crippen LogP contribution in [0.5, 0.6) is 0 Å². The van der Waals surface area contributed by atoms with Crippen LogP contribution in [0.15, 0.2) is 47.3 Å². The maximum Gasteiger partial charge on any atom is 0.336 e. The van der Waals surface area contributed by atoms with Gasteiger partial charge in [0.15, 0.2) is 0 Å². The zero-order valence-electron chi connectivity index (χ0n) is 10.1. The van der Waals surface area contributed by atoms with Crippen LogP contribution in [0.1, 0.15) is 10.4 Å². The number of hydrogen-bond acceptors (Lipinski definition) is 4. The van der Waals surface area contributed by atoms with Gasteiger partial charge in [0.2, 0.25) is 0 Å². The minimum atomic E-state index is -0.999. The quantitative estimate of drug-likeness (QED) is 0.781. The van der Waals surface area contributed by atoms with Crippen molar-refractivity contribution in [2.45, 2.75) is 0 Å². The molecule has 2 aromatic heterocycles. The molecule has 3 rings (SSSR count). The van der Waals surface area contributed by atoms with Gasteiger partial charge in [-0.2, -0.15) is 0 Å². The van der Waals surface area contributed by atoms with E-state index < -0.39 is 5.97 Å². The molecular formula is C14H8BrN3O2. The van der Waals surface area contributed by atoms with E-state index in [4.69, 9.17) is 0 Å². The Labute approximate surface area is 122 Å². The highest BCUT2D eigenvalue weighted by atomic mass is 79.9. The first-order valence-corrected chi connectivity index (χ1v) is 6.55. The number of halogens is 1. The number of aromatic carboxylic acids is 1. The molecule has 0 aliphatic carbocycles. The van der Waals surface area contributed by atoms with Gasteiger partial charge in [0.25, 0.3) is 0 Å². The van der Waals surface area contributed by atoms with E-state index >= 15 is 0 Å². The Hall–Kier alpha value is -2.34. The molecule has 2 heterocycles. The van der Waals surface area contributed by atoms with E-state index in [2.05, 4.69) is 30.9 Å². The number of carbonyl (C=O) groups is 1. The standard InChI is InChI=1S/C14H8BrN3O2/c15-10-3-1-2-8-9(14(19)20)6-11(18-13(8)10)12-7-16-4-5-17-12/h1-7H,(H,19,20). The van der Waals surface area contributed by atoms with E-state index in [1.807, 2.05) is 6.07 Å². The van der Waals surface area contributed by atoms with Gasteiger partial charge in [0.05, 0.1) is 23.0 Å². The molecule has 1 aromatic carbocycles. The minimum Gasteiger partial charge on any atom is -0.478 e. The fourth-order valence-electron chi connectivity index (χ4n) is 1.95. The first kappa shape index (κ1) is 12.7. The summed E-state index contributed by atoms with van der Waals surface area (Å²) in [5.41, 5.74) is 1.80. The van der Waals surface area contributed by atoms with Crippen LogP contribution in [0.3, 0.4) is 0 Å². The van der Waals surface area contributed by atoms with Crippen molar-refractivity contribution in [1.29, 1.82) is 0 Å². The van der Waals surface area contributed by atoms with Crippen LogP contribution in [0.4, 0.5) is 0 Å². The van der Waals surface area contributed by atoms with Crippen LogP contribution in [0, 0.1) is 0 Å². The summed E-state index contributed by atoms with van der Waals surface area (Å²) in [5.74, 6) is -0.999. The van der Waals surface area contributed by atoms with Gasteiger partial charge in [0.1, 0.15) is 5.69 Å². The van der Waals surface area contributed by atoms with Gasteiger partial charge in [-0.25, -0.2) is 9.78 Å². The molecule has 98 valence electrons. The molecule has 0 saturated carbocycles. The Bertz CT molecular complexity index is 806. The highest BCUT2D eigenvalue weighted by molar-refractivity contribution is 9.10. The summed E-state index contributed by atoms with van der Waals surface area (Å²) in [5, 5.41) is 9.95. The summed E-state index contributed by atoms with van der Waals surface area (Å²) in [7, 11) is 0. The van der Waals surface area contributed by atoms with Crippen LogP contribution < -0.4 is 0 Å². The third kappa shape index (κ3) is 2.14. The van der Waals surface area contributed by atoms with E-state index in [-0.39, 0.29) is 5.56 Å². The van der Waals surface area contributed by atoms with E-state index in [1.54, 1.807) is 30.7 Å². The van der Waals surface area contributed by atoms with Crippen LogP contribution in [-0.4, -0.2) is 26.0 Å². The average molecular weight is 330 g/mol. The smallest absolute Gasteiger partial charge is 0.336 e. The van der Waals surface area contributed by atoms with Gasteiger partial charge in [-0.3, -0.25) is 9.97 Å². The summed E-state index contributed by atoms with van der Waals surface area (Å²) in [6, 6.07) is 6.85. The summed E-state index contributed by atoms with van der Waals surface area (Å²) in [4.78, 5) is 24.0. The maximum atomic E-state index is 11.4. The normalized spacial score (nSPS) is 10.7. The summed E-state index contributed by atoms with van der Waals surface area (Å²) in [6.07, 6.45) is 4.65. The number of fused-ring (bicyclic) bond motifs is 1. The summed E-state index contributed by atoms with van der Waals surface area (Å²) in [6.45, 7) is 0. The van der Waals surface area contributed by atoms with Gasteiger partial charge in [0, 0.05) is 22.3 Å². The van der Waals surface area contributed by atoms with Crippen molar-refractivity contribution in [3.63, 3.8) is 0 Å². The van der Waals surface area contributed by atoms with Crippen molar-refractivity contribution >= 4 is 32.8 Å². The number of para-hydroxylation sites is 1. The molecule has 0 atom stereocenters. The van der Waals surface area contributed by atoms with Gasteiger partial charge < -0.3 is 5.11 Å². The van der Waals surface area contributed by atoms with Crippen LogP contribution in [0.2, 0.25) is 0 Å². The second-order valence-corrected chi connectivity index (χ2v) is 4.94. The first-order valence-electron chi connectivity index (χ1n) is 5.76. The predicted molar refractivity (Wildman–Crippen MR) is 77.4 cm³/mol. The molecular weight excluding hydrogens is 322 g/mol. The van der Waals surface area contributed by atoms with E-state index in [1.165, 1.54) is 6.07 Å². The van der Waals surface area contributed by atoms with Gasteiger partial charge in [-0.05, 0) is 28.1 Å². The van der Waals surface area contributed by atoms with Crippen LogP contribution >= 0.6 is 15.9 Å². The zero-order chi connectivity index (χ0) is 14.1. The van der Waals surface area contributed by atoms with Crippen LogP contribution in [-0.2, 0) is 0 Å². The van der Waals surface area contributed by atoms with Gasteiger partial charge in [-0.15, -0.1) is 0 Å². The second-order valence-electron chi connectivity index (χ2n) is 4.09. The molecule has 3 aromatic rings. The molecule has 5 nitrogen and oxygen atoms in total. The van der Waals surface area contributed by atoms with Crippen LogP contribution in [0.25, 0.3) is 22.3 Å². The number of benzene rings is 1. The van der Waals surface area contributed by atoms with Crippen molar-refractivity contribution in [3.05, 3.63) is 52.9 Å². The third-order valence-corrected chi connectivity index (χ3v) is 3.49. The maximum absolute atomic E-state index is 11.4. The molecule has 0 spiro atoms. The number of hydrogen-bond donors (Lipinski definition) is 1. The Kier molecular flexibility index (Phi) is 3.15. The lowest BCUT2D eigenvalue weighted by atomic mass is 10.1. The fourth-order valence-corrected chi connectivity index (χ4v) is 2.41. The fraction of sp³-hybridized carbons (Fsp3) is 0. The molecule has 0 unspecified atom stereocenters. The third-order valence-electron chi connectivity index (χ3n) is 2.85. The van der Waals surface area contributed by atoms with Gasteiger partial charge >= 0.3 is 5.97 Å². The van der Waals surface area contributed by atoms with Crippen molar-refractivity contribution in [3.8, 4) is 11.4 Å². The Morgan fingerprint density at radius 3 is 2.75 bits per heavy atom. The summed E-state index contributed by atoms with van der Waals surface area (Å²) >= 11 is 3.40.